The minimum absolute atomic E-state index is 0.0263. The number of urea groups is 1. The summed E-state index contributed by atoms with van der Waals surface area (Å²) in [6.45, 7) is 0.472. The number of hydrogen-bond donors (Lipinski definition) is 2. The fourth-order valence-corrected chi connectivity index (χ4v) is 2.83. The lowest BCUT2D eigenvalue weighted by Crippen LogP contribution is -2.38. The van der Waals surface area contributed by atoms with Crippen molar-refractivity contribution in [1.82, 2.24) is 20.2 Å². The number of para-hydroxylation sites is 2. The Labute approximate surface area is 154 Å². The van der Waals surface area contributed by atoms with Gasteiger partial charge in [0, 0.05) is 19.6 Å². The number of fused-ring (bicyclic) bond motifs is 1. The third kappa shape index (κ3) is 4.78. The van der Waals surface area contributed by atoms with E-state index in [2.05, 4.69) is 15.6 Å². The Morgan fingerprint density at radius 3 is 2.37 bits per heavy atom. The molecule has 5 nitrogen and oxygen atoms in total. The molecule has 0 spiro atoms. The summed E-state index contributed by atoms with van der Waals surface area (Å²) in [6.07, 6.45) is -3.88. The molecule has 8 heteroatoms. The van der Waals surface area contributed by atoms with Gasteiger partial charge in [-0.1, -0.05) is 42.5 Å². The highest BCUT2D eigenvalue weighted by Crippen LogP contribution is 2.31. The summed E-state index contributed by atoms with van der Waals surface area (Å²) in [5.74, 6) is -0.963. The summed E-state index contributed by atoms with van der Waals surface area (Å²) in [7, 11) is 0. The molecule has 3 rings (SSSR count). The van der Waals surface area contributed by atoms with Gasteiger partial charge in [-0.05, 0) is 24.1 Å². The molecule has 3 aromatic rings. The number of nitrogens with one attached hydrogen (secondary N) is 2. The maximum atomic E-state index is 13.2. The molecular weight excluding hydrogens is 357 g/mol. The Balaban J connectivity index is 1.55. The molecule has 0 unspecified atom stereocenters. The number of alkyl halides is 3. The van der Waals surface area contributed by atoms with Gasteiger partial charge in [-0.3, -0.25) is 0 Å². The smallest absolute Gasteiger partial charge is 0.338 e. The van der Waals surface area contributed by atoms with Crippen LogP contribution in [0, 0.1) is 0 Å². The average Bonchev–Trinajstić information content (AvgIpc) is 3.02. The van der Waals surface area contributed by atoms with Crippen molar-refractivity contribution in [1.29, 1.82) is 0 Å². The Hall–Kier alpha value is -3.03. The lowest BCUT2D eigenvalue weighted by molar-refractivity contribution is -0.146. The van der Waals surface area contributed by atoms with Crippen molar-refractivity contribution >= 4 is 17.1 Å². The lowest BCUT2D eigenvalue weighted by Gasteiger charge is -2.12. The van der Waals surface area contributed by atoms with E-state index in [1.54, 1.807) is 18.2 Å². The molecule has 2 amide bonds. The molecule has 0 saturated carbocycles. The minimum Gasteiger partial charge on any atom is -0.338 e. The maximum absolute atomic E-state index is 13.2. The van der Waals surface area contributed by atoms with E-state index < -0.39 is 18.0 Å². The molecule has 0 aliphatic heterocycles. The average molecular weight is 376 g/mol. The van der Waals surface area contributed by atoms with Gasteiger partial charge >= 0.3 is 12.2 Å². The highest BCUT2D eigenvalue weighted by Gasteiger charge is 2.37. The van der Waals surface area contributed by atoms with Crippen LogP contribution in [0.2, 0.25) is 0 Å². The van der Waals surface area contributed by atoms with Gasteiger partial charge in [0.1, 0.15) is 0 Å². The monoisotopic (exact) mass is 376 g/mol. The molecular formula is C19H19F3N4O. The second-order valence-electron chi connectivity index (χ2n) is 5.99. The maximum Gasteiger partial charge on any atom is 0.449 e. The van der Waals surface area contributed by atoms with Gasteiger partial charge in [0.2, 0.25) is 5.82 Å². The van der Waals surface area contributed by atoms with Crippen LogP contribution in [0.4, 0.5) is 18.0 Å². The lowest BCUT2D eigenvalue weighted by atomic mass is 10.1. The molecule has 27 heavy (non-hydrogen) atoms. The Kier molecular flexibility index (Phi) is 5.63. The number of rotatable bonds is 6. The SMILES string of the molecule is O=C(NCCc1ccccc1)NCCn1c(C(F)(F)F)nc2ccccc21. The van der Waals surface area contributed by atoms with Gasteiger partial charge in [0.05, 0.1) is 11.0 Å². The Morgan fingerprint density at radius 1 is 0.963 bits per heavy atom. The van der Waals surface area contributed by atoms with Gasteiger partial charge in [-0.2, -0.15) is 13.2 Å². The molecule has 142 valence electrons. The first-order valence-corrected chi connectivity index (χ1v) is 8.53. The standard InChI is InChI=1S/C19H19F3N4O/c20-19(21,22)17-25-15-8-4-5-9-16(15)26(17)13-12-24-18(27)23-11-10-14-6-2-1-3-7-14/h1-9H,10-13H2,(H2,23,24,27). The Morgan fingerprint density at radius 2 is 1.63 bits per heavy atom. The first-order chi connectivity index (χ1) is 12.9. The predicted octanol–water partition coefficient (Wildman–Crippen LogP) is 3.60. The second kappa shape index (κ2) is 8.11. The van der Waals surface area contributed by atoms with Gasteiger partial charge in [-0.15, -0.1) is 0 Å². The normalized spacial score (nSPS) is 11.5. The molecule has 0 saturated heterocycles. The largest absolute Gasteiger partial charge is 0.449 e. The molecule has 0 fully saturated rings. The van der Waals surface area contributed by atoms with E-state index in [9.17, 15) is 18.0 Å². The Bertz CT molecular complexity index is 906. The van der Waals surface area contributed by atoms with E-state index in [4.69, 9.17) is 0 Å². The quantitative estimate of drug-likeness (QED) is 0.691. The van der Waals surface area contributed by atoms with Crippen LogP contribution in [0.5, 0.6) is 0 Å². The van der Waals surface area contributed by atoms with Crippen molar-refractivity contribution in [2.24, 2.45) is 0 Å². The molecule has 1 aromatic heterocycles. The number of carbonyl (C=O) groups excluding carboxylic acids is 1. The first kappa shape index (κ1) is 18.8. The van der Waals surface area contributed by atoms with Gasteiger partial charge in [0.25, 0.3) is 0 Å². The summed E-state index contributed by atoms with van der Waals surface area (Å²) < 4.78 is 40.7. The number of nitrogens with zero attached hydrogens (tertiary/aromatic N) is 2. The van der Waals surface area contributed by atoms with Gasteiger partial charge in [-0.25, -0.2) is 9.78 Å². The second-order valence-corrected chi connectivity index (χ2v) is 5.99. The van der Waals surface area contributed by atoms with Crippen LogP contribution >= 0.6 is 0 Å². The number of aromatic nitrogens is 2. The summed E-state index contributed by atoms with van der Waals surface area (Å²) in [6, 6.07) is 15.7. The zero-order chi connectivity index (χ0) is 19.3. The van der Waals surface area contributed by atoms with Crippen molar-refractivity contribution in [3.63, 3.8) is 0 Å². The number of halogens is 3. The fraction of sp³-hybridized carbons (Fsp3) is 0.263. The van der Waals surface area contributed by atoms with Crippen LogP contribution in [0.1, 0.15) is 11.4 Å². The van der Waals surface area contributed by atoms with E-state index in [0.717, 1.165) is 10.1 Å². The van der Waals surface area contributed by atoms with Crippen LogP contribution in [0.3, 0.4) is 0 Å². The zero-order valence-corrected chi connectivity index (χ0v) is 14.5. The third-order valence-corrected chi connectivity index (χ3v) is 4.07. The van der Waals surface area contributed by atoms with Crippen LogP contribution in [-0.4, -0.2) is 28.7 Å². The molecule has 0 aliphatic rings. The molecule has 2 aromatic carbocycles. The minimum atomic E-state index is -4.56. The van der Waals surface area contributed by atoms with Crippen molar-refractivity contribution in [2.75, 3.05) is 13.1 Å². The molecule has 0 aliphatic carbocycles. The van der Waals surface area contributed by atoms with Crippen LogP contribution in [-0.2, 0) is 19.1 Å². The fourth-order valence-electron chi connectivity index (χ4n) is 2.83. The van der Waals surface area contributed by atoms with Crippen molar-refractivity contribution in [2.45, 2.75) is 19.1 Å². The number of hydrogen-bond acceptors (Lipinski definition) is 2. The number of imidazole rings is 1. The molecule has 0 radical (unpaired) electrons. The molecule has 0 bridgehead atoms. The predicted molar refractivity (Wildman–Crippen MR) is 96.3 cm³/mol. The van der Waals surface area contributed by atoms with Crippen LogP contribution in [0.25, 0.3) is 11.0 Å². The van der Waals surface area contributed by atoms with Crippen molar-refractivity contribution in [3.05, 3.63) is 66.0 Å². The number of carbonyl (C=O) groups is 1. The third-order valence-electron chi connectivity index (χ3n) is 4.07. The first-order valence-electron chi connectivity index (χ1n) is 8.53. The van der Waals surface area contributed by atoms with Gasteiger partial charge < -0.3 is 15.2 Å². The van der Waals surface area contributed by atoms with E-state index in [0.29, 0.717) is 18.5 Å². The highest BCUT2D eigenvalue weighted by atomic mass is 19.4. The highest BCUT2D eigenvalue weighted by molar-refractivity contribution is 5.76. The molecule has 1 heterocycles. The van der Waals surface area contributed by atoms with E-state index >= 15 is 0 Å². The van der Waals surface area contributed by atoms with Crippen LogP contribution < -0.4 is 10.6 Å². The molecule has 2 N–H and O–H groups in total. The van der Waals surface area contributed by atoms with E-state index in [1.165, 1.54) is 6.07 Å². The van der Waals surface area contributed by atoms with E-state index in [-0.39, 0.29) is 18.6 Å². The van der Waals surface area contributed by atoms with Crippen molar-refractivity contribution < 1.29 is 18.0 Å². The van der Waals surface area contributed by atoms with E-state index in [1.807, 2.05) is 30.3 Å². The molecule has 0 atom stereocenters. The summed E-state index contributed by atoms with van der Waals surface area (Å²) in [5.41, 5.74) is 1.76. The topological polar surface area (TPSA) is 59.0 Å². The summed E-state index contributed by atoms with van der Waals surface area (Å²) >= 11 is 0. The van der Waals surface area contributed by atoms with Gasteiger partial charge in [0.15, 0.2) is 0 Å². The zero-order valence-electron chi connectivity index (χ0n) is 14.5. The van der Waals surface area contributed by atoms with Crippen LogP contribution in [0.15, 0.2) is 54.6 Å². The summed E-state index contributed by atoms with van der Waals surface area (Å²) in [5, 5.41) is 5.28. The number of amides is 2. The number of benzene rings is 2. The summed E-state index contributed by atoms with van der Waals surface area (Å²) in [4.78, 5) is 15.5. The van der Waals surface area contributed by atoms with Crippen molar-refractivity contribution in [3.8, 4) is 0 Å².